The van der Waals surface area contributed by atoms with Crippen LogP contribution in [0.15, 0.2) is 0 Å². The number of nitrogens with one attached hydrogen (secondary N) is 1. The Bertz CT molecular complexity index is 242. The van der Waals surface area contributed by atoms with Crippen LogP contribution in [-0.2, 0) is 9.59 Å². The highest BCUT2D eigenvalue weighted by Gasteiger charge is 2.02. The first-order valence-electron chi connectivity index (χ1n) is 7.65. The third kappa shape index (κ3) is 14.9. The number of aliphatic carboxylic acids is 1. The molecule has 0 atom stereocenters. The van der Waals surface area contributed by atoms with Gasteiger partial charge in [-0.05, 0) is 6.42 Å². The number of hydrogen-bond donors (Lipinski definition) is 2. The number of amides is 1. The lowest BCUT2D eigenvalue weighted by Crippen LogP contribution is -2.25. The predicted molar refractivity (Wildman–Crippen MR) is 77.1 cm³/mol. The third-order valence-electron chi connectivity index (χ3n) is 3.17. The van der Waals surface area contributed by atoms with E-state index in [1.165, 1.54) is 44.9 Å². The summed E-state index contributed by atoms with van der Waals surface area (Å²) in [6.45, 7) is 2.47. The summed E-state index contributed by atoms with van der Waals surface area (Å²) >= 11 is 0. The fraction of sp³-hybridized carbons (Fsp3) is 0.867. The summed E-state index contributed by atoms with van der Waals surface area (Å²) in [7, 11) is 0. The molecule has 4 nitrogen and oxygen atoms in total. The monoisotopic (exact) mass is 271 g/mol. The summed E-state index contributed by atoms with van der Waals surface area (Å²) in [5.41, 5.74) is 0. The molecule has 0 saturated carbocycles. The van der Waals surface area contributed by atoms with Crippen LogP contribution in [0.25, 0.3) is 0 Å². The number of carboxylic acids is 1. The lowest BCUT2D eigenvalue weighted by atomic mass is 10.1. The van der Waals surface area contributed by atoms with E-state index in [0.29, 0.717) is 6.42 Å². The zero-order valence-electron chi connectivity index (χ0n) is 12.2. The van der Waals surface area contributed by atoms with Gasteiger partial charge < -0.3 is 10.4 Å². The number of unbranched alkanes of at least 4 members (excludes halogenated alkanes) is 8. The molecule has 0 radical (unpaired) electrons. The van der Waals surface area contributed by atoms with Gasteiger partial charge in [0.25, 0.3) is 0 Å². The minimum absolute atomic E-state index is 0.00347. The van der Waals surface area contributed by atoms with Gasteiger partial charge in [0.2, 0.25) is 5.91 Å². The smallest absolute Gasteiger partial charge is 0.305 e. The number of hydrogen-bond acceptors (Lipinski definition) is 2. The minimum Gasteiger partial charge on any atom is -0.481 e. The molecule has 2 N–H and O–H groups in total. The molecular weight excluding hydrogens is 242 g/mol. The van der Waals surface area contributed by atoms with Gasteiger partial charge in [-0.2, -0.15) is 0 Å². The third-order valence-corrected chi connectivity index (χ3v) is 3.17. The normalized spacial score (nSPS) is 10.4. The van der Waals surface area contributed by atoms with Gasteiger partial charge >= 0.3 is 5.97 Å². The van der Waals surface area contributed by atoms with E-state index in [-0.39, 0.29) is 18.9 Å². The van der Waals surface area contributed by atoms with Crippen LogP contribution < -0.4 is 5.32 Å². The molecule has 1 amide bonds. The van der Waals surface area contributed by atoms with Crippen molar-refractivity contribution in [3.05, 3.63) is 0 Å². The molecule has 0 saturated heterocycles. The lowest BCUT2D eigenvalue weighted by molar-refractivity contribution is -0.136. The molecule has 19 heavy (non-hydrogen) atoms. The Labute approximate surface area is 117 Å². The van der Waals surface area contributed by atoms with Crippen molar-refractivity contribution in [1.82, 2.24) is 5.32 Å². The highest BCUT2D eigenvalue weighted by atomic mass is 16.4. The van der Waals surface area contributed by atoms with Gasteiger partial charge in [0.15, 0.2) is 0 Å². The van der Waals surface area contributed by atoms with Gasteiger partial charge in [-0.25, -0.2) is 0 Å². The molecule has 0 aromatic rings. The van der Waals surface area contributed by atoms with Crippen LogP contribution in [-0.4, -0.2) is 23.5 Å². The Morgan fingerprint density at radius 1 is 0.842 bits per heavy atom. The molecule has 0 spiro atoms. The van der Waals surface area contributed by atoms with E-state index in [2.05, 4.69) is 12.2 Å². The average molecular weight is 271 g/mol. The van der Waals surface area contributed by atoms with E-state index in [4.69, 9.17) is 5.11 Å². The van der Waals surface area contributed by atoms with Crippen LogP contribution in [0.4, 0.5) is 0 Å². The Kier molecular flexibility index (Phi) is 12.6. The maximum atomic E-state index is 11.3. The minimum atomic E-state index is -0.872. The van der Waals surface area contributed by atoms with E-state index < -0.39 is 5.97 Å². The number of carbonyl (C=O) groups is 2. The van der Waals surface area contributed by atoms with Crippen LogP contribution in [0, 0.1) is 0 Å². The summed E-state index contributed by atoms with van der Waals surface area (Å²) in [5.74, 6) is -0.896. The molecule has 112 valence electrons. The maximum absolute atomic E-state index is 11.3. The molecule has 0 heterocycles. The second-order valence-electron chi connectivity index (χ2n) is 5.07. The van der Waals surface area contributed by atoms with E-state index in [0.717, 1.165) is 12.8 Å². The first-order chi connectivity index (χ1) is 9.16. The number of rotatable bonds is 13. The summed E-state index contributed by atoms with van der Waals surface area (Å²) < 4.78 is 0. The topological polar surface area (TPSA) is 66.4 Å². The largest absolute Gasteiger partial charge is 0.481 e. The molecule has 0 aromatic carbocycles. The van der Waals surface area contributed by atoms with Crippen molar-refractivity contribution in [3.8, 4) is 0 Å². The first kappa shape index (κ1) is 17.9. The fourth-order valence-electron chi connectivity index (χ4n) is 1.99. The van der Waals surface area contributed by atoms with Gasteiger partial charge in [-0.15, -0.1) is 0 Å². The Balaban J connectivity index is 3.16. The summed E-state index contributed by atoms with van der Waals surface area (Å²) in [4.78, 5) is 21.6. The van der Waals surface area contributed by atoms with Crippen molar-refractivity contribution in [2.45, 2.75) is 77.6 Å². The highest BCUT2D eigenvalue weighted by molar-refractivity contribution is 5.76. The standard InChI is InChI=1S/C15H29NO3/c1-2-3-4-5-6-7-8-9-10-11-14(17)16-13-12-15(18)19/h2-13H2,1H3,(H,16,17)(H,18,19). The molecule has 0 unspecified atom stereocenters. The van der Waals surface area contributed by atoms with E-state index in [9.17, 15) is 9.59 Å². The lowest BCUT2D eigenvalue weighted by Gasteiger charge is -2.04. The highest BCUT2D eigenvalue weighted by Crippen LogP contribution is 2.10. The summed E-state index contributed by atoms with van der Waals surface area (Å²) in [6.07, 6.45) is 11.6. The van der Waals surface area contributed by atoms with Crippen LogP contribution >= 0.6 is 0 Å². The maximum Gasteiger partial charge on any atom is 0.305 e. The van der Waals surface area contributed by atoms with E-state index >= 15 is 0 Å². The summed E-state index contributed by atoms with van der Waals surface area (Å²) in [6, 6.07) is 0. The van der Waals surface area contributed by atoms with Gasteiger partial charge in [-0.1, -0.05) is 58.3 Å². The van der Waals surface area contributed by atoms with Crippen LogP contribution in [0.3, 0.4) is 0 Å². The second kappa shape index (κ2) is 13.4. The van der Waals surface area contributed by atoms with Gasteiger partial charge in [0, 0.05) is 13.0 Å². The van der Waals surface area contributed by atoms with Gasteiger partial charge in [0.05, 0.1) is 6.42 Å². The van der Waals surface area contributed by atoms with Crippen molar-refractivity contribution < 1.29 is 14.7 Å². The zero-order valence-corrected chi connectivity index (χ0v) is 12.2. The number of carbonyl (C=O) groups excluding carboxylic acids is 1. The summed E-state index contributed by atoms with van der Waals surface area (Å²) in [5, 5.41) is 11.0. The van der Waals surface area contributed by atoms with Crippen LogP contribution in [0.2, 0.25) is 0 Å². The molecule has 4 heteroatoms. The second-order valence-corrected chi connectivity index (χ2v) is 5.07. The van der Waals surface area contributed by atoms with E-state index in [1.54, 1.807) is 0 Å². The van der Waals surface area contributed by atoms with Crippen LogP contribution in [0.5, 0.6) is 0 Å². The molecule has 0 rings (SSSR count). The van der Waals surface area contributed by atoms with Crippen LogP contribution in [0.1, 0.15) is 77.6 Å². The van der Waals surface area contributed by atoms with Crippen molar-refractivity contribution in [3.63, 3.8) is 0 Å². The molecule has 0 aliphatic rings. The SMILES string of the molecule is CCCCCCCCCCCC(=O)NCCC(=O)O. The Morgan fingerprint density at radius 2 is 1.37 bits per heavy atom. The van der Waals surface area contributed by atoms with E-state index in [1.807, 2.05) is 0 Å². The Morgan fingerprint density at radius 3 is 1.89 bits per heavy atom. The van der Waals surface area contributed by atoms with Crippen molar-refractivity contribution in [2.24, 2.45) is 0 Å². The quantitative estimate of drug-likeness (QED) is 0.504. The molecule has 0 aliphatic heterocycles. The molecular formula is C15H29NO3. The van der Waals surface area contributed by atoms with Gasteiger partial charge in [0.1, 0.15) is 0 Å². The average Bonchev–Trinajstić information content (AvgIpc) is 2.36. The fourth-order valence-corrected chi connectivity index (χ4v) is 1.99. The van der Waals surface area contributed by atoms with Crippen molar-refractivity contribution in [1.29, 1.82) is 0 Å². The van der Waals surface area contributed by atoms with Gasteiger partial charge in [-0.3, -0.25) is 9.59 Å². The Hall–Kier alpha value is -1.06. The zero-order chi connectivity index (χ0) is 14.3. The molecule has 0 aliphatic carbocycles. The van der Waals surface area contributed by atoms with Crippen molar-refractivity contribution >= 4 is 11.9 Å². The number of carboxylic acid groups (broad SMARTS) is 1. The first-order valence-corrected chi connectivity index (χ1v) is 7.65. The predicted octanol–water partition coefficient (Wildman–Crippen LogP) is 3.50. The molecule has 0 fully saturated rings. The molecule has 0 bridgehead atoms. The molecule has 0 aromatic heterocycles. The van der Waals surface area contributed by atoms with Crippen molar-refractivity contribution in [2.75, 3.05) is 6.54 Å².